The van der Waals surface area contributed by atoms with Gasteiger partial charge in [0.2, 0.25) is 0 Å². The van der Waals surface area contributed by atoms with E-state index in [4.69, 9.17) is 4.74 Å². The lowest BCUT2D eigenvalue weighted by Gasteiger charge is -2.37. The zero-order valence-electron chi connectivity index (χ0n) is 14.8. The summed E-state index contributed by atoms with van der Waals surface area (Å²) in [6, 6.07) is 5.85. The predicted octanol–water partition coefficient (Wildman–Crippen LogP) is 4.01. The second kappa shape index (κ2) is 7.21. The van der Waals surface area contributed by atoms with Gasteiger partial charge in [0.05, 0.1) is 10.5 Å². The summed E-state index contributed by atoms with van der Waals surface area (Å²) in [5, 5.41) is 14.0. The fourth-order valence-electron chi connectivity index (χ4n) is 3.15. The number of Topliss-reactive ketones (excluding diaryl/α,β-unsaturated/α-hetero) is 1. The third-order valence-corrected chi connectivity index (χ3v) is 4.23. The summed E-state index contributed by atoms with van der Waals surface area (Å²) in [4.78, 5) is 36.1. The van der Waals surface area contributed by atoms with Crippen molar-refractivity contribution in [2.24, 2.45) is 0 Å². The van der Waals surface area contributed by atoms with Crippen LogP contribution in [0.25, 0.3) is 0 Å². The van der Waals surface area contributed by atoms with Crippen molar-refractivity contribution in [3.8, 4) is 0 Å². The highest BCUT2D eigenvalue weighted by Gasteiger charge is 2.44. The van der Waals surface area contributed by atoms with Gasteiger partial charge >= 0.3 is 6.09 Å². The molecule has 1 aliphatic carbocycles. The first-order valence-electron chi connectivity index (χ1n) is 8.44. The molecule has 0 unspecified atom stereocenters. The minimum atomic E-state index is -1.16. The maximum Gasteiger partial charge on any atom is 0.408 e. The van der Waals surface area contributed by atoms with Gasteiger partial charge in [0.1, 0.15) is 11.1 Å². The number of nitrogens with zero attached hydrogens (tertiary/aromatic N) is 1. The number of hydrogen-bond donors (Lipinski definition) is 1. The number of carbonyl (C=O) groups excluding carboxylic acids is 2. The number of nitro groups is 1. The Morgan fingerprint density at radius 1 is 1.16 bits per heavy atom. The summed E-state index contributed by atoms with van der Waals surface area (Å²) in [6.07, 6.45) is 2.70. The van der Waals surface area contributed by atoms with Gasteiger partial charge in [-0.05, 0) is 39.7 Å². The average molecular weight is 348 g/mol. The largest absolute Gasteiger partial charge is 0.444 e. The normalized spacial score (nSPS) is 16.8. The van der Waals surface area contributed by atoms with Gasteiger partial charge in [-0.3, -0.25) is 14.9 Å². The first kappa shape index (κ1) is 18.9. The quantitative estimate of drug-likeness (QED) is 0.503. The van der Waals surface area contributed by atoms with Gasteiger partial charge in [-0.2, -0.15) is 0 Å². The molecule has 1 aromatic carbocycles. The zero-order chi connectivity index (χ0) is 18.7. The molecule has 1 N–H and O–H groups in total. The van der Waals surface area contributed by atoms with Crippen molar-refractivity contribution in [3.05, 3.63) is 39.9 Å². The number of ether oxygens (including phenoxy) is 1. The van der Waals surface area contributed by atoms with Gasteiger partial charge in [-0.25, -0.2) is 4.79 Å². The van der Waals surface area contributed by atoms with Crippen LogP contribution in [-0.4, -0.2) is 27.9 Å². The molecule has 0 atom stereocenters. The van der Waals surface area contributed by atoms with E-state index in [1.165, 1.54) is 18.2 Å². The second-order valence-corrected chi connectivity index (χ2v) is 7.37. The number of ketones is 1. The van der Waals surface area contributed by atoms with Crippen LogP contribution in [0.3, 0.4) is 0 Å². The number of para-hydroxylation sites is 1. The second-order valence-electron chi connectivity index (χ2n) is 7.37. The molecule has 0 bridgehead atoms. The highest BCUT2D eigenvalue weighted by atomic mass is 16.6. The SMILES string of the molecule is CC(C)(C)OC(=O)NC1(C(=O)c2ccccc2[N+](=O)[O-])CCCCC1. The maximum absolute atomic E-state index is 13.2. The molecule has 0 heterocycles. The number of rotatable bonds is 4. The molecule has 25 heavy (non-hydrogen) atoms. The highest BCUT2D eigenvalue weighted by molar-refractivity contribution is 6.07. The molecule has 0 aliphatic heterocycles. The molecular weight excluding hydrogens is 324 g/mol. The molecule has 0 spiro atoms. The van der Waals surface area contributed by atoms with Crippen molar-refractivity contribution in [2.75, 3.05) is 0 Å². The standard InChI is InChI=1S/C18H24N2O5/c1-17(2,3)25-16(22)19-18(11-7-4-8-12-18)15(21)13-9-5-6-10-14(13)20(23)24/h5-6,9-10H,4,7-8,11-12H2,1-3H3,(H,19,22). The fraction of sp³-hybridized carbons (Fsp3) is 0.556. The molecule has 1 saturated carbocycles. The maximum atomic E-state index is 13.2. The summed E-state index contributed by atoms with van der Waals surface area (Å²) in [5.74, 6) is -0.426. The van der Waals surface area contributed by atoms with Gasteiger partial charge in [0.25, 0.3) is 5.69 Å². The van der Waals surface area contributed by atoms with Gasteiger partial charge < -0.3 is 10.1 Å². The molecule has 1 amide bonds. The van der Waals surface area contributed by atoms with Crippen LogP contribution in [0.1, 0.15) is 63.2 Å². The van der Waals surface area contributed by atoms with Gasteiger partial charge in [-0.15, -0.1) is 0 Å². The van der Waals surface area contributed by atoms with E-state index in [9.17, 15) is 19.7 Å². The number of benzene rings is 1. The van der Waals surface area contributed by atoms with Crippen molar-refractivity contribution >= 4 is 17.6 Å². The molecule has 1 aromatic rings. The molecule has 7 nitrogen and oxygen atoms in total. The van der Waals surface area contributed by atoms with Crippen LogP contribution >= 0.6 is 0 Å². The van der Waals surface area contributed by atoms with Crippen LogP contribution in [0, 0.1) is 10.1 Å². The predicted molar refractivity (Wildman–Crippen MR) is 92.6 cm³/mol. The molecule has 2 rings (SSSR count). The van der Waals surface area contributed by atoms with Gasteiger partial charge in [0.15, 0.2) is 5.78 Å². The van der Waals surface area contributed by atoms with Crippen LogP contribution in [0.15, 0.2) is 24.3 Å². The Kier molecular flexibility index (Phi) is 5.45. The van der Waals surface area contributed by atoms with Crippen molar-refractivity contribution in [3.63, 3.8) is 0 Å². The highest BCUT2D eigenvalue weighted by Crippen LogP contribution is 2.34. The van der Waals surface area contributed by atoms with Crippen molar-refractivity contribution < 1.29 is 19.2 Å². The van der Waals surface area contributed by atoms with E-state index in [1.54, 1.807) is 26.8 Å². The number of nitro benzene ring substituents is 1. The Balaban J connectivity index is 2.35. The van der Waals surface area contributed by atoms with Crippen LogP contribution in [-0.2, 0) is 4.74 Å². The number of nitrogens with one attached hydrogen (secondary N) is 1. The van der Waals surface area contributed by atoms with Crippen LogP contribution in [0.2, 0.25) is 0 Å². The minimum Gasteiger partial charge on any atom is -0.444 e. The number of carbonyl (C=O) groups is 2. The third-order valence-electron chi connectivity index (χ3n) is 4.23. The Hall–Kier alpha value is -2.44. The molecule has 0 saturated heterocycles. The number of amides is 1. The molecule has 1 fully saturated rings. The van der Waals surface area contributed by atoms with E-state index in [0.29, 0.717) is 12.8 Å². The third kappa shape index (κ3) is 4.55. The average Bonchev–Trinajstić information content (AvgIpc) is 2.53. The van der Waals surface area contributed by atoms with Crippen LogP contribution in [0.5, 0.6) is 0 Å². The Morgan fingerprint density at radius 3 is 2.32 bits per heavy atom. The first-order valence-corrected chi connectivity index (χ1v) is 8.44. The van der Waals surface area contributed by atoms with Crippen molar-refractivity contribution in [2.45, 2.75) is 64.0 Å². The summed E-state index contributed by atoms with van der Waals surface area (Å²) >= 11 is 0. The lowest BCUT2D eigenvalue weighted by molar-refractivity contribution is -0.385. The lowest BCUT2D eigenvalue weighted by atomic mass is 9.76. The summed E-state index contributed by atoms with van der Waals surface area (Å²) in [5.41, 5.74) is -2.08. The zero-order valence-corrected chi connectivity index (χ0v) is 14.8. The molecule has 1 aliphatic rings. The molecule has 0 aromatic heterocycles. The summed E-state index contributed by atoms with van der Waals surface area (Å²) in [6.45, 7) is 5.22. The Labute approximate surface area is 146 Å². The minimum absolute atomic E-state index is 0.0189. The van der Waals surface area contributed by atoms with E-state index in [-0.39, 0.29) is 11.3 Å². The smallest absolute Gasteiger partial charge is 0.408 e. The van der Waals surface area contributed by atoms with E-state index in [2.05, 4.69) is 5.32 Å². The number of hydrogen-bond acceptors (Lipinski definition) is 5. The fourth-order valence-corrected chi connectivity index (χ4v) is 3.15. The number of alkyl carbamates (subject to hydrolysis) is 1. The van der Waals surface area contributed by atoms with E-state index >= 15 is 0 Å². The van der Waals surface area contributed by atoms with Crippen molar-refractivity contribution in [1.29, 1.82) is 0 Å². The summed E-state index contributed by atoms with van der Waals surface area (Å²) < 4.78 is 5.29. The van der Waals surface area contributed by atoms with Crippen molar-refractivity contribution in [1.82, 2.24) is 5.32 Å². The Morgan fingerprint density at radius 2 is 1.76 bits per heavy atom. The van der Waals surface area contributed by atoms with Gasteiger partial charge in [0, 0.05) is 6.07 Å². The van der Waals surface area contributed by atoms with Crippen LogP contribution < -0.4 is 5.32 Å². The lowest BCUT2D eigenvalue weighted by Crippen LogP contribution is -2.56. The Bertz CT molecular complexity index is 672. The molecule has 7 heteroatoms. The van der Waals surface area contributed by atoms with Gasteiger partial charge in [-0.1, -0.05) is 31.4 Å². The van der Waals surface area contributed by atoms with E-state index < -0.39 is 27.9 Å². The van der Waals surface area contributed by atoms with E-state index in [0.717, 1.165) is 19.3 Å². The van der Waals surface area contributed by atoms with E-state index in [1.807, 2.05) is 0 Å². The first-order chi connectivity index (χ1) is 11.6. The molecule has 0 radical (unpaired) electrons. The summed E-state index contributed by atoms with van der Waals surface area (Å²) in [7, 11) is 0. The van der Waals surface area contributed by atoms with Crippen LogP contribution in [0.4, 0.5) is 10.5 Å². The molecular formula is C18H24N2O5. The topological polar surface area (TPSA) is 98.5 Å². The molecule has 136 valence electrons. The monoisotopic (exact) mass is 348 g/mol.